The fourth-order valence-electron chi connectivity index (χ4n) is 1.35. The molecule has 0 aliphatic rings. The zero-order valence-corrected chi connectivity index (χ0v) is 9.72. The molecule has 5 heteroatoms. The van der Waals surface area contributed by atoms with E-state index in [0.717, 1.165) is 11.1 Å². The van der Waals surface area contributed by atoms with Crippen molar-refractivity contribution in [3.05, 3.63) is 40.0 Å². The maximum Gasteiger partial charge on any atom is 0.409 e. The average Bonchev–Trinajstić information content (AvgIpc) is 2.69. The Labute approximate surface area is 101 Å². The second kappa shape index (κ2) is 4.55. The summed E-state index contributed by atoms with van der Waals surface area (Å²) >= 11 is 7.39. The highest BCUT2D eigenvalue weighted by atomic mass is 35.5. The minimum Gasteiger partial charge on any atom is -0.410 e. The lowest BCUT2D eigenvalue weighted by atomic mass is 10.1. The first-order chi connectivity index (χ1) is 7.66. The molecule has 0 spiro atoms. The molecule has 82 valence electrons. The highest BCUT2D eigenvalue weighted by Gasteiger charge is 2.09. The standard InChI is InChI=1S/C11H8ClNO2S/c12-8-1-2-9(7-3-4-16-6-7)10(5-8)15-11(13)14/h1-6H,(H2,13,14). The van der Waals surface area contributed by atoms with Gasteiger partial charge < -0.3 is 10.5 Å². The summed E-state index contributed by atoms with van der Waals surface area (Å²) in [5.74, 6) is 0.374. The monoisotopic (exact) mass is 253 g/mol. The second-order valence-corrected chi connectivity index (χ2v) is 4.29. The Bertz CT molecular complexity index is 511. The number of thiophene rings is 1. The summed E-state index contributed by atoms with van der Waals surface area (Å²) in [5, 5.41) is 4.39. The van der Waals surface area contributed by atoms with Crippen LogP contribution in [-0.2, 0) is 0 Å². The van der Waals surface area contributed by atoms with Crippen LogP contribution in [0.3, 0.4) is 0 Å². The van der Waals surface area contributed by atoms with Gasteiger partial charge in [-0.05, 0) is 34.5 Å². The predicted octanol–water partition coefficient (Wildman–Crippen LogP) is 3.53. The molecule has 0 unspecified atom stereocenters. The molecule has 3 nitrogen and oxygen atoms in total. The molecule has 16 heavy (non-hydrogen) atoms. The third kappa shape index (κ3) is 2.35. The molecular formula is C11H8ClNO2S. The van der Waals surface area contributed by atoms with E-state index in [1.54, 1.807) is 29.5 Å². The Balaban J connectivity index is 2.48. The Morgan fingerprint density at radius 2 is 2.19 bits per heavy atom. The van der Waals surface area contributed by atoms with Crippen molar-refractivity contribution in [1.82, 2.24) is 0 Å². The van der Waals surface area contributed by atoms with Crippen molar-refractivity contribution >= 4 is 29.0 Å². The van der Waals surface area contributed by atoms with Gasteiger partial charge in [0, 0.05) is 16.7 Å². The minimum atomic E-state index is -0.848. The number of nitrogens with two attached hydrogens (primary N) is 1. The summed E-state index contributed by atoms with van der Waals surface area (Å²) in [5.41, 5.74) is 6.76. The molecule has 2 aromatic rings. The van der Waals surface area contributed by atoms with Gasteiger partial charge in [-0.1, -0.05) is 11.6 Å². The summed E-state index contributed by atoms with van der Waals surface area (Å²) in [6.45, 7) is 0. The van der Waals surface area contributed by atoms with Crippen molar-refractivity contribution in [2.45, 2.75) is 0 Å². The number of rotatable bonds is 2. The molecule has 0 aliphatic carbocycles. The number of hydrogen-bond donors (Lipinski definition) is 1. The summed E-state index contributed by atoms with van der Waals surface area (Å²) < 4.78 is 4.91. The summed E-state index contributed by atoms with van der Waals surface area (Å²) in [6.07, 6.45) is -0.848. The van der Waals surface area contributed by atoms with Crippen LogP contribution in [0.5, 0.6) is 5.75 Å². The number of carbonyl (C=O) groups excluding carboxylic acids is 1. The maximum atomic E-state index is 10.8. The Kier molecular flexibility index (Phi) is 3.12. The van der Waals surface area contributed by atoms with Crippen LogP contribution in [0.4, 0.5) is 4.79 Å². The number of carbonyl (C=O) groups is 1. The van der Waals surface area contributed by atoms with Gasteiger partial charge in [-0.3, -0.25) is 0 Å². The number of benzene rings is 1. The fourth-order valence-corrected chi connectivity index (χ4v) is 2.16. The largest absolute Gasteiger partial charge is 0.410 e. The Morgan fingerprint density at radius 1 is 1.38 bits per heavy atom. The highest BCUT2D eigenvalue weighted by molar-refractivity contribution is 7.08. The van der Waals surface area contributed by atoms with E-state index in [1.807, 2.05) is 16.8 Å². The van der Waals surface area contributed by atoms with E-state index in [4.69, 9.17) is 22.1 Å². The van der Waals surface area contributed by atoms with Crippen molar-refractivity contribution < 1.29 is 9.53 Å². The van der Waals surface area contributed by atoms with Crippen LogP contribution in [0.15, 0.2) is 35.0 Å². The molecule has 0 aliphatic heterocycles. The quantitative estimate of drug-likeness (QED) is 0.890. The van der Waals surface area contributed by atoms with E-state index in [-0.39, 0.29) is 0 Å². The molecule has 2 N–H and O–H groups in total. The second-order valence-electron chi connectivity index (χ2n) is 3.07. The van der Waals surface area contributed by atoms with E-state index in [9.17, 15) is 4.79 Å². The number of amides is 1. The first-order valence-electron chi connectivity index (χ1n) is 4.46. The van der Waals surface area contributed by atoms with E-state index in [2.05, 4.69) is 0 Å². The molecule has 0 saturated heterocycles. The Morgan fingerprint density at radius 3 is 2.81 bits per heavy atom. The van der Waals surface area contributed by atoms with E-state index in [1.165, 1.54) is 0 Å². The van der Waals surface area contributed by atoms with Crippen LogP contribution in [0, 0.1) is 0 Å². The van der Waals surface area contributed by atoms with Crippen LogP contribution >= 0.6 is 22.9 Å². The molecule has 1 aromatic heterocycles. The topological polar surface area (TPSA) is 52.3 Å². The van der Waals surface area contributed by atoms with Gasteiger partial charge in [-0.15, -0.1) is 0 Å². The van der Waals surface area contributed by atoms with Gasteiger partial charge in [0.1, 0.15) is 5.75 Å². The van der Waals surface area contributed by atoms with Crippen LogP contribution in [0.1, 0.15) is 0 Å². The van der Waals surface area contributed by atoms with Crippen LogP contribution in [0.2, 0.25) is 5.02 Å². The van der Waals surface area contributed by atoms with Gasteiger partial charge in [0.05, 0.1) is 0 Å². The van der Waals surface area contributed by atoms with E-state index < -0.39 is 6.09 Å². The number of ether oxygens (including phenoxy) is 1. The zero-order valence-electron chi connectivity index (χ0n) is 8.14. The van der Waals surface area contributed by atoms with Gasteiger partial charge in [-0.25, -0.2) is 4.79 Å². The van der Waals surface area contributed by atoms with Gasteiger partial charge in [0.25, 0.3) is 0 Å². The third-order valence-electron chi connectivity index (χ3n) is 1.99. The van der Waals surface area contributed by atoms with Crippen LogP contribution in [0.25, 0.3) is 11.1 Å². The summed E-state index contributed by atoms with van der Waals surface area (Å²) in [7, 11) is 0. The fraction of sp³-hybridized carbons (Fsp3) is 0. The lowest BCUT2D eigenvalue weighted by Gasteiger charge is -2.07. The highest BCUT2D eigenvalue weighted by Crippen LogP contribution is 2.33. The maximum absolute atomic E-state index is 10.8. The molecule has 1 amide bonds. The van der Waals surface area contributed by atoms with Crippen LogP contribution < -0.4 is 10.5 Å². The van der Waals surface area contributed by atoms with Crippen molar-refractivity contribution in [2.75, 3.05) is 0 Å². The summed E-state index contributed by atoms with van der Waals surface area (Å²) in [6, 6.07) is 7.03. The average molecular weight is 254 g/mol. The molecule has 1 heterocycles. The first-order valence-corrected chi connectivity index (χ1v) is 5.78. The van der Waals surface area contributed by atoms with Crippen molar-refractivity contribution in [2.24, 2.45) is 5.73 Å². The third-order valence-corrected chi connectivity index (χ3v) is 2.90. The normalized spacial score (nSPS) is 10.1. The smallest absolute Gasteiger partial charge is 0.409 e. The zero-order chi connectivity index (χ0) is 11.5. The van der Waals surface area contributed by atoms with E-state index in [0.29, 0.717) is 10.8 Å². The molecule has 0 fully saturated rings. The molecule has 2 rings (SSSR count). The van der Waals surface area contributed by atoms with Crippen molar-refractivity contribution in [1.29, 1.82) is 0 Å². The predicted molar refractivity (Wildman–Crippen MR) is 65.0 cm³/mol. The Hall–Kier alpha value is -1.52. The number of primary amides is 1. The van der Waals surface area contributed by atoms with Gasteiger partial charge >= 0.3 is 6.09 Å². The summed E-state index contributed by atoms with van der Waals surface area (Å²) in [4.78, 5) is 10.8. The molecule has 0 atom stereocenters. The lowest BCUT2D eigenvalue weighted by molar-refractivity contribution is 0.211. The molecule has 1 aromatic carbocycles. The molecule has 0 radical (unpaired) electrons. The van der Waals surface area contributed by atoms with Gasteiger partial charge in [0.2, 0.25) is 0 Å². The molecule has 0 saturated carbocycles. The van der Waals surface area contributed by atoms with Gasteiger partial charge in [0.15, 0.2) is 0 Å². The molecular weight excluding hydrogens is 246 g/mol. The minimum absolute atomic E-state index is 0.374. The lowest BCUT2D eigenvalue weighted by Crippen LogP contribution is -2.16. The van der Waals surface area contributed by atoms with Crippen LogP contribution in [-0.4, -0.2) is 6.09 Å². The number of hydrogen-bond acceptors (Lipinski definition) is 3. The number of halogens is 1. The molecule has 0 bridgehead atoms. The van der Waals surface area contributed by atoms with E-state index >= 15 is 0 Å². The van der Waals surface area contributed by atoms with Gasteiger partial charge in [-0.2, -0.15) is 11.3 Å². The van der Waals surface area contributed by atoms with Crippen molar-refractivity contribution in [3.8, 4) is 16.9 Å². The van der Waals surface area contributed by atoms with Crippen molar-refractivity contribution in [3.63, 3.8) is 0 Å². The SMILES string of the molecule is NC(=O)Oc1cc(Cl)ccc1-c1ccsc1. The first kappa shape index (κ1) is 11.0.